The molecule has 0 saturated carbocycles. The average Bonchev–Trinajstić information content (AvgIpc) is 2.70. The predicted octanol–water partition coefficient (Wildman–Crippen LogP) is 0.474. The van der Waals surface area contributed by atoms with Crippen molar-refractivity contribution in [2.45, 2.75) is 24.6 Å². The van der Waals surface area contributed by atoms with Crippen LogP contribution < -0.4 is 5.69 Å². The molecule has 11 heteroatoms. The normalized spacial score (nSPS) is 29.8. The summed E-state index contributed by atoms with van der Waals surface area (Å²) >= 11 is 4.45. The summed E-state index contributed by atoms with van der Waals surface area (Å²) in [6.45, 7) is -0.885. The van der Waals surface area contributed by atoms with E-state index in [-0.39, 0.29) is 0 Å². The van der Waals surface area contributed by atoms with Gasteiger partial charge < -0.3 is 14.9 Å². The van der Waals surface area contributed by atoms with Crippen LogP contribution >= 0.6 is 12.2 Å². The summed E-state index contributed by atoms with van der Waals surface area (Å²) in [5.41, 5.74) is -1.12. The fraction of sp³-hybridized carbons (Fsp3) is 0.600. The molecule has 0 aliphatic carbocycles. The second-order valence-electron chi connectivity index (χ2n) is 4.45. The second-order valence-corrected chi connectivity index (χ2v) is 4.86. The molecule has 1 saturated heterocycles. The van der Waals surface area contributed by atoms with E-state index < -0.39 is 53.3 Å². The molecule has 3 N–H and O–H groups in total. The molecule has 0 bridgehead atoms. The average molecular weight is 330 g/mol. The molecule has 0 aromatic carbocycles. The first-order valence-electron chi connectivity index (χ1n) is 5.69. The number of aromatic amines is 1. The zero-order valence-electron chi connectivity index (χ0n) is 10.2. The van der Waals surface area contributed by atoms with Crippen molar-refractivity contribution in [1.82, 2.24) is 9.55 Å². The van der Waals surface area contributed by atoms with Gasteiger partial charge in [-0.25, -0.2) is 9.18 Å². The van der Waals surface area contributed by atoms with Gasteiger partial charge in [0.15, 0.2) is 12.0 Å². The highest BCUT2D eigenvalue weighted by atomic mass is 32.1. The molecule has 6 nitrogen and oxygen atoms in total. The molecular weight excluding hydrogens is 320 g/mol. The van der Waals surface area contributed by atoms with Crippen LogP contribution in [0.2, 0.25) is 0 Å². The van der Waals surface area contributed by atoms with Crippen LogP contribution in [0.15, 0.2) is 11.0 Å². The maximum atomic E-state index is 13.4. The van der Waals surface area contributed by atoms with E-state index in [2.05, 4.69) is 12.2 Å². The third-order valence-corrected chi connectivity index (χ3v) is 3.42. The Hall–Kier alpha value is -1.30. The lowest BCUT2D eigenvalue weighted by Gasteiger charge is -2.24. The molecule has 1 aliphatic heterocycles. The van der Waals surface area contributed by atoms with E-state index in [1.54, 1.807) is 0 Å². The molecule has 4 atom stereocenters. The molecule has 21 heavy (non-hydrogen) atoms. The highest BCUT2D eigenvalue weighted by Gasteiger charge is 2.58. The van der Waals surface area contributed by atoms with Gasteiger partial charge in [0.05, 0.1) is 18.9 Å². The number of hydrogen-bond donors (Lipinski definition) is 3. The summed E-state index contributed by atoms with van der Waals surface area (Å²) in [6, 6.07) is 0. The molecule has 1 aromatic rings. The fourth-order valence-corrected chi connectivity index (χ4v) is 2.28. The van der Waals surface area contributed by atoms with E-state index in [1.165, 1.54) is 0 Å². The van der Waals surface area contributed by atoms with Gasteiger partial charge in [0, 0.05) is 0 Å². The van der Waals surface area contributed by atoms with Crippen molar-refractivity contribution in [1.29, 1.82) is 0 Å². The first-order valence-corrected chi connectivity index (χ1v) is 6.09. The molecule has 1 fully saturated rings. The van der Waals surface area contributed by atoms with Gasteiger partial charge in [0.2, 0.25) is 0 Å². The molecule has 0 radical (unpaired) electrons. The Bertz CT molecular complexity index is 643. The van der Waals surface area contributed by atoms with Crippen molar-refractivity contribution in [2.75, 3.05) is 6.61 Å². The summed E-state index contributed by atoms with van der Waals surface area (Å²) in [6.07, 6.45) is -10.1. The van der Waals surface area contributed by atoms with E-state index in [1.807, 2.05) is 4.98 Å². The number of rotatable bonds is 2. The van der Waals surface area contributed by atoms with Gasteiger partial charge in [-0.3, -0.25) is 9.55 Å². The molecule has 2 heterocycles. The molecular formula is C10H10F4N2O4S. The number of aliphatic hydroxyl groups is 2. The number of H-pyrrole nitrogens is 1. The zero-order chi connectivity index (χ0) is 15.9. The van der Waals surface area contributed by atoms with Gasteiger partial charge >= 0.3 is 11.9 Å². The Morgan fingerprint density at radius 1 is 1.48 bits per heavy atom. The molecule has 1 unspecified atom stereocenters. The van der Waals surface area contributed by atoms with Gasteiger partial charge in [-0.1, -0.05) is 12.2 Å². The van der Waals surface area contributed by atoms with Crippen molar-refractivity contribution >= 4 is 12.2 Å². The quantitative estimate of drug-likeness (QED) is 0.542. The Morgan fingerprint density at radius 2 is 2.10 bits per heavy atom. The van der Waals surface area contributed by atoms with Crippen LogP contribution in [0, 0.1) is 16.4 Å². The molecule has 1 aliphatic rings. The van der Waals surface area contributed by atoms with Crippen molar-refractivity contribution in [3.8, 4) is 0 Å². The Balaban J connectivity index is 2.53. The third kappa shape index (κ3) is 2.86. The summed E-state index contributed by atoms with van der Waals surface area (Å²) in [4.78, 5) is 13.5. The SMILES string of the molecule is O=c1[nH]c(=S)c(F)cn1[C@@H]1O[C@H](CO)C(O)[C@@H]1C(F)(F)F. The second kappa shape index (κ2) is 5.48. The smallest absolute Gasteiger partial charge is 0.394 e. The van der Waals surface area contributed by atoms with Crippen LogP contribution in [-0.4, -0.2) is 44.8 Å². The highest BCUT2D eigenvalue weighted by Crippen LogP contribution is 2.44. The minimum Gasteiger partial charge on any atom is -0.394 e. The van der Waals surface area contributed by atoms with Crippen LogP contribution in [-0.2, 0) is 4.74 Å². The first-order chi connectivity index (χ1) is 9.66. The fourth-order valence-electron chi connectivity index (χ4n) is 2.14. The maximum absolute atomic E-state index is 13.4. The molecule has 118 valence electrons. The third-order valence-electron chi connectivity index (χ3n) is 3.13. The standard InChI is InChI=1S/C10H10F4N2O4S/c11-3-1-16(9(19)15-7(3)21)8-5(10(12,13)14)6(18)4(2-17)20-8/h1,4-6,8,17-18H,2H2,(H,15,19,21)/t4-,5+,6?,8-/m1/s1. The lowest BCUT2D eigenvalue weighted by molar-refractivity contribution is -0.211. The lowest BCUT2D eigenvalue weighted by atomic mass is 9.99. The van der Waals surface area contributed by atoms with Crippen LogP contribution in [0.3, 0.4) is 0 Å². The topological polar surface area (TPSA) is 87.5 Å². The first kappa shape index (κ1) is 16.1. The maximum Gasteiger partial charge on any atom is 0.398 e. The number of halogens is 4. The monoisotopic (exact) mass is 330 g/mol. The molecule has 0 amide bonds. The Morgan fingerprint density at radius 3 is 2.62 bits per heavy atom. The van der Waals surface area contributed by atoms with Crippen molar-refractivity contribution in [3.63, 3.8) is 0 Å². The number of alkyl halides is 3. The van der Waals surface area contributed by atoms with Crippen LogP contribution in [0.4, 0.5) is 17.6 Å². The summed E-state index contributed by atoms with van der Waals surface area (Å²) in [5.74, 6) is -3.60. The van der Waals surface area contributed by atoms with Crippen molar-refractivity contribution in [2.24, 2.45) is 5.92 Å². The predicted molar refractivity (Wildman–Crippen MR) is 62.4 cm³/mol. The number of aromatic nitrogens is 2. The van der Waals surface area contributed by atoms with Gasteiger partial charge in [0.1, 0.15) is 16.7 Å². The minimum absolute atomic E-state index is 0.322. The number of nitrogens with zero attached hydrogens (tertiary/aromatic N) is 1. The minimum atomic E-state index is -4.92. The van der Waals surface area contributed by atoms with Gasteiger partial charge in [-0.2, -0.15) is 13.2 Å². The highest BCUT2D eigenvalue weighted by molar-refractivity contribution is 7.71. The van der Waals surface area contributed by atoms with Gasteiger partial charge in [0.25, 0.3) is 0 Å². The van der Waals surface area contributed by atoms with E-state index in [9.17, 15) is 27.5 Å². The number of nitrogens with one attached hydrogen (secondary N) is 1. The van der Waals surface area contributed by atoms with E-state index in [4.69, 9.17) is 9.84 Å². The molecule has 1 aromatic heterocycles. The number of hydrogen-bond acceptors (Lipinski definition) is 5. The van der Waals surface area contributed by atoms with E-state index >= 15 is 0 Å². The summed E-state index contributed by atoms with van der Waals surface area (Å²) in [7, 11) is 0. The Kier molecular flexibility index (Phi) is 4.19. The van der Waals surface area contributed by atoms with Crippen LogP contribution in [0.1, 0.15) is 6.23 Å². The van der Waals surface area contributed by atoms with E-state index in [0.29, 0.717) is 10.8 Å². The summed E-state index contributed by atoms with van der Waals surface area (Å²) < 4.78 is 57.0. The van der Waals surface area contributed by atoms with Gasteiger partial charge in [-0.15, -0.1) is 0 Å². The van der Waals surface area contributed by atoms with E-state index in [0.717, 1.165) is 0 Å². The molecule has 0 spiro atoms. The largest absolute Gasteiger partial charge is 0.398 e. The summed E-state index contributed by atoms with van der Waals surface area (Å²) in [5, 5.41) is 18.5. The van der Waals surface area contributed by atoms with Crippen LogP contribution in [0.5, 0.6) is 0 Å². The lowest BCUT2D eigenvalue weighted by Crippen LogP contribution is -2.41. The van der Waals surface area contributed by atoms with Crippen molar-refractivity contribution in [3.05, 3.63) is 27.1 Å². The molecule has 2 rings (SSSR count). The van der Waals surface area contributed by atoms with Crippen molar-refractivity contribution < 1.29 is 32.5 Å². The van der Waals surface area contributed by atoms with Gasteiger partial charge in [-0.05, 0) is 0 Å². The number of aliphatic hydroxyl groups excluding tert-OH is 2. The van der Waals surface area contributed by atoms with Crippen LogP contribution in [0.25, 0.3) is 0 Å². The zero-order valence-corrected chi connectivity index (χ0v) is 11.0. The Labute approximate surface area is 119 Å². The number of ether oxygens (including phenoxy) is 1.